The van der Waals surface area contributed by atoms with E-state index >= 15 is 0 Å². The fraction of sp³-hybridized carbons (Fsp3) is 0.368. The average Bonchev–Trinajstić information content (AvgIpc) is 3.15. The highest BCUT2D eigenvalue weighted by Crippen LogP contribution is 2.32. The molecule has 2 N–H and O–H groups in total. The van der Waals surface area contributed by atoms with E-state index in [1.807, 2.05) is 25.1 Å². The van der Waals surface area contributed by atoms with Gasteiger partial charge in [0.2, 0.25) is 0 Å². The van der Waals surface area contributed by atoms with E-state index in [1.54, 1.807) is 0 Å². The summed E-state index contributed by atoms with van der Waals surface area (Å²) in [5, 5.41) is 4.10. The van der Waals surface area contributed by atoms with Crippen LogP contribution in [-0.4, -0.2) is 15.9 Å². The number of amides is 1. The van der Waals surface area contributed by atoms with E-state index in [0.29, 0.717) is 18.0 Å². The third kappa shape index (κ3) is 2.60. The number of hydrogen-bond donors (Lipinski definition) is 2. The lowest BCUT2D eigenvalue weighted by Gasteiger charge is -2.18. The molecule has 4 rings (SSSR count). The number of aromatic amines is 1. The van der Waals surface area contributed by atoms with Crippen LogP contribution in [0.3, 0.4) is 0 Å². The van der Waals surface area contributed by atoms with Crippen molar-refractivity contribution in [2.75, 3.05) is 0 Å². The van der Waals surface area contributed by atoms with Crippen molar-refractivity contribution in [1.82, 2.24) is 15.3 Å². The van der Waals surface area contributed by atoms with E-state index in [9.17, 15) is 4.79 Å². The van der Waals surface area contributed by atoms with E-state index in [2.05, 4.69) is 22.2 Å². The van der Waals surface area contributed by atoms with Crippen LogP contribution in [0.2, 0.25) is 0 Å². The van der Waals surface area contributed by atoms with Crippen LogP contribution >= 0.6 is 0 Å². The molecule has 1 amide bonds. The van der Waals surface area contributed by atoms with E-state index < -0.39 is 0 Å². The lowest BCUT2D eigenvalue weighted by atomic mass is 9.87. The summed E-state index contributed by atoms with van der Waals surface area (Å²) >= 11 is 0. The highest BCUT2D eigenvalue weighted by atomic mass is 16.3. The molecule has 5 heteroatoms. The minimum Gasteiger partial charge on any atom is -0.448 e. The van der Waals surface area contributed by atoms with Gasteiger partial charge in [-0.2, -0.15) is 0 Å². The van der Waals surface area contributed by atoms with Crippen molar-refractivity contribution in [3.05, 3.63) is 52.9 Å². The molecule has 24 heavy (non-hydrogen) atoms. The number of nitrogens with zero attached hydrogens (tertiary/aromatic N) is 1. The van der Waals surface area contributed by atoms with Gasteiger partial charge in [0.15, 0.2) is 6.39 Å². The predicted octanol–water partition coefficient (Wildman–Crippen LogP) is 3.52. The molecule has 124 valence electrons. The molecular formula is C19H21N3O2. The maximum atomic E-state index is 12.5. The Kier molecular flexibility index (Phi) is 3.63. The first-order chi connectivity index (χ1) is 11.6. The van der Waals surface area contributed by atoms with Crippen molar-refractivity contribution in [3.8, 4) is 0 Å². The smallest absolute Gasteiger partial charge is 0.251 e. The van der Waals surface area contributed by atoms with Gasteiger partial charge < -0.3 is 14.7 Å². The molecule has 0 saturated carbocycles. The van der Waals surface area contributed by atoms with Crippen molar-refractivity contribution in [3.63, 3.8) is 0 Å². The molecule has 1 atom stereocenters. The Morgan fingerprint density at radius 1 is 1.46 bits per heavy atom. The lowest BCUT2D eigenvalue weighted by Crippen LogP contribution is -2.23. The topological polar surface area (TPSA) is 70.9 Å². The van der Waals surface area contributed by atoms with Crippen molar-refractivity contribution in [2.45, 2.75) is 39.7 Å². The summed E-state index contributed by atoms with van der Waals surface area (Å²) in [4.78, 5) is 20.1. The number of carbonyl (C=O) groups excluding carboxylic acids is 1. The SMILES string of the molecule is Cc1ocnc1CNC(=O)c1ccc2[nH]c3c(c2c1)CC(C)CC3. The van der Waals surface area contributed by atoms with E-state index in [-0.39, 0.29) is 5.91 Å². The summed E-state index contributed by atoms with van der Waals surface area (Å²) < 4.78 is 5.16. The molecule has 0 bridgehead atoms. The normalized spacial score (nSPS) is 17.0. The zero-order chi connectivity index (χ0) is 16.7. The van der Waals surface area contributed by atoms with Gasteiger partial charge in [0.05, 0.1) is 6.54 Å². The Morgan fingerprint density at radius 3 is 3.12 bits per heavy atom. The molecule has 0 fully saturated rings. The van der Waals surface area contributed by atoms with Gasteiger partial charge in [-0.05, 0) is 55.9 Å². The highest BCUT2D eigenvalue weighted by Gasteiger charge is 2.20. The Balaban J connectivity index is 1.59. The summed E-state index contributed by atoms with van der Waals surface area (Å²) in [6.45, 7) is 4.51. The maximum absolute atomic E-state index is 12.5. The monoisotopic (exact) mass is 323 g/mol. The minimum atomic E-state index is -0.0851. The lowest BCUT2D eigenvalue weighted by molar-refractivity contribution is 0.0950. The first-order valence-electron chi connectivity index (χ1n) is 8.42. The molecule has 3 aromatic rings. The number of hydrogen-bond acceptors (Lipinski definition) is 3. The molecule has 0 saturated heterocycles. The first kappa shape index (κ1) is 15.0. The number of aromatic nitrogens is 2. The van der Waals surface area contributed by atoms with Gasteiger partial charge in [0, 0.05) is 22.2 Å². The molecule has 5 nitrogen and oxygen atoms in total. The maximum Gasteiger partial charge on any atom is 0.251 e. The Morgan fingerprint density at radius 2 is 2.33 bits per heavy atom. The number of benzene rings is 1. The van der Waals surface area contributed by atoms with Gasteiger partial charge in [-0.3, -0.25) is 4.79 Å². The first-order valence-corrected chi connectivity index (χ1v) is 8.42. The molecule has 1 aliphatic rings. The van der Waals surface area contributed by atoms with Gasteiger partial charge in [0.1, 0.15) is 11.5 Å². The number of H-pyrrole nitrogens is 1. The van der Waals surface area contributed by atoms with E-state index in [0.717, 1.165) is 29.8 Å². The van der Waals surface area contributed by atoms with Crippen LogP contribution in [0.1, 0.15) is 46.4 Å². The molecule has 0 aliphatic heterocycles. The fourth-order valence-corrected chi connectivity index (χ4v) is 3.50. The minimum absolute atomic E-state index is 0.0851. The number of nitrogens with one attached hydrogen (secondary N) is 2. The van der Waals surface area contributed by atoms with Gasteiger partial charge in [-0.15, -0.1) is 0 Å². The van der Waals surface area contributed by atoms with Crippen molar-refractivity contribution in [2.24, 2.45) is 5.92 Å². The van der Waals surface area contributed by atoms with Gasteiger partial charge >= 0.3 is 0 Å². The Bertz CT molecular complexity index is 907. The van der Waals surface area contributed by atoms with E-state index in [1.165, 1.54) is 29.5 Å². The van der Waals surface area contributed by atoms with Crippen LogP contribution < -0.4 is 5.32 Å². The van der Waals surface area contributed by atoms with Crippen LogP contribution in [0.4, 0.5) is 0 Å². The predicted molar refractivity (Wildman–Crippen MR) is 91.9 cm³/mol. The Labute approximate surface area is 140 Å². The molecule has 0 spiro atoms. The van der Waals surface area contributed by atoms with Crippen LogP contribution in [0.5, 0.6) is 0 Å². The molecule has 2 aromatic heterocycles. The second-order valence-corrected chi connectivity index (χ2v) is 6.73. The number of aryl methyl sites for hydroxylation is 2. The quantitative estimate of drug-likeness (QED) is 0.775. The average molecular weight is 323 g/mol. The third-order valence-electron chi connectivity index (χ3n) is 4.96. The van der Waals surface area contributed by atoms with Crippen LogP contribution in [0, 0.1) is 12.8 Å². The summed E-state index contributed by atoms with van der Waals surface area (Å²) in [7, 11) is 0. The number of fused-ring (bicyclic) bond motifs is 3. The van der Waals surface area contributed by atoms with Crippen LogP contribution in [0.25, 0.3) is 10.9 Å². The van der Waals surface area contributed by atoms with Crippen molar-refractivity contribution < 1.29 is 9.21 Å². The second kappa shape index (κ2) is 5.82. The number of oxazole rings is 1. The molecule has 1 aliphatic carbocycles. The molecular weight excluding hydrogens is 302 g/mol. The summed E-state index contributed by atoms with van der Waals surface area (Å²) in [6.07, 6.45) is 4.80. The third-order valence-corrected chi connectivity index (χ3v) is 4.96. The largest absolute Gasteiger partial charge is 0.448 e. The van der Waals surface area contributed by atoms with Crippen molar-refractivity contribution >= 4 is 16.8 Å². The standard InChI is InChI=1S/C19H21N3O2/c1-11-3-5-16-14(7-11)15-8-13(4-6-17(15)22-16)19(23)20-9-18-12(2)24-10-21-18/h4,6,8,10-11,22H,3,5,7,9H2,1-2H3,(H,20,23). The van der Waals surface area contributed by atoms with Crippen LogP contribution in [-0.2, 0) is 19.4 Å². The summed E-state index contributed by atoms with van der Waals surface area (Å²) in [5.74, 6) is 1.35. The molecule has 1 aromatic carbocycles. The van der Waals surface area contributed by atoms with Gasteiger partial charge in [0.25, 0.3) is 5.91 Å². The van der Waals surface area contributed by atoms with Crippen molar-refractivity contribution in [1.29, 1.82) is 0 Å². The zero-order valence-electron chi connectivity index (χ0n) is 14.0. The molecule has 2 heterocycles. The van der Waals surface area contributed by atoms with E-state index in [4.69, 9.17) is 4.42 Å². The zero-order valence-corrected chi connectivity index (χ0v) is 14.0. The van der Waals surface area contributed by atoms with Gasteiger partial charge in [-0.1, -0.05) is 6.92 Å². The highest BCUT2D eigenvalue weighted by molar-refractivity contribution is 5.99. The van der Waals surface area contributed by atoms with Gasteiger partial charge in [-0.25, -0.2) is 4.98 Å². The second-order valence-electron chi connectivity index (χ2n) is 6.73. The summed E-state index contributed by atoms with van der Waals surface area (Å²) in [5.41, 5.74) is 5.28. The number of rotatable bonds is 3. The summed E-state index contributed by atoms with van der Waals surface area (Å²) in [6, 6.07) is 5.89. The Hall–Kier alpha value is -2.56. The fourth-order valence-electron chi connectivity index (χ4n) is 3.50. The number of carbonyl (C=O) groups is 1. The molecule has 0 radical (unpaired) electrons. The molecule has 1 unspecified atom stereocenters. The van der Waals surface area contributed by atoms with Crippen LogP contribution in [0.15, 0.2) is 29.0 Å².